The summed E-state index contributed by atoms with van der Waals surface area (Å²) in [7, 11) is 0. The molecule has 0 aliphatic heterocycles. The molecule has 1 nitrogen and oxygen atoms in total. The number of benzene rings is 1. The molecule has 3 unspecified atom stereocenters. The minimum absolute atomic E-state index is 0.548. The lowest BCUT2D eigenvalue weighted by Crippen LogP contribution is -2.40. The van der Waals surface area contributed by atoms with Crippen LogP contribution in [0.5, 0.6) is 0 Å². The van der Waals surface area contributed by atoms with Crippen LogP contribution in [0.2, 0.25) is 0 Å². The average Bonchev–Trinajstić information content (AvgIpc) is 3.07. The molecule has 0 amide bonds. The molecule has 2 bridgehead atoms. The van der Waals surface area contributed by atoms with Gasteiger partial charge in [-0.3, -0.25) is 0 Å². The predicted octanol–water partition coefficient (Wildman–Crippen LogP) is 4.21. The molecule has 3 rings (SSSR count). The zero-order valence-corrected chi connectivity index (χ0v) is 13.1. The molecule has 0 heterocycles. The largest absolute Gasteiger partial charge is 0.316 e. The Morgan fingerprint density at radius 2 is 1.85 bits per heavy atom. The zero-order valence-electron chi connectivity index (χ0n) is 13.1. The fraction of sp³-hybridized carbons (Fsp3) is 0.684. The molecule has 1 heteroatoms. The first-order valence-electron chi connectivity index (χ1n) is 8.54. The third-order valence-electron chi connectivity index (χ3n) is 5.82. The van der Waals surface area contributed by atoms with Gasteiger partial charge in [-0.2, -0.15) is 0 Å². The van der Waals surface area contributed by atoms with Crippen molar-refractivity contribution in [1.82, 2.24) is 5.32 Å². The van der Waals surface area contributed by atoms with Gasteiger partial charge in [-0.25, -0.2) is 0 Å². The summed E-state index contributed by atoms with van der Waals surface area (Å²) >= 11 is 0. The van der Waals surface area contributed by atoms with Crippen LogP contribution in [0, 0.1) is 17.3 Å². The SMILES string of the molecule is CCNCC1(Cc2ccc(CC)cc2)CC2CCC1C2. The van der Waals surface area contributed by atoms with Gasteiger partial charge in [0.25, 0.3) is 0 Å². The van der Waals surface area contributed by atoms with Gasteiger partial charge in [0.15, 0.2) is 0 Å². The average molecular weight is 271 g/mol. The normalized spacial score (nSPS) is 31.9. The van der Waals surface area contributed by atoms with Gasteiger partial charge < -0.3 is 5.32 Å². The number of hydrogen-bond acceptors (Lipinski definition) is 1. The molecule has 0 aromatic heterocycles. The van der Waals surface area contributed by atoms with E-state index in [1.54, 1.807) is 5.56 Å². The van der Waals surface area contributed by atoms with Gasteiger partial charge in [-0.15, -0.1) is 0 Å². The summed E-state index contributed by atoms with van der Waals surface area (Å²) in [6.07, 6.45) is 8.35. The quantitative estimate of drug-likeness (QED) is 0.817. The summed E-state index contributed by atoms with van der Waals surface area (Å²) in [5.74, 6) is 1.99. The first-order chi connectivity index (χ1) is 9.75. The third kappa shape index (κ3) is 2.65. The monoisotopic (exact) mass is 271 g/mol. The van der Waals surface area contributed by atoms with Gasteiger partial charge in [-0.05, 0) is 67.0 Å². The molecule has 2 aliphatic rings. The Kier molecular flexibility index (Phi) is 4.16. The van der Waals surface area contributed by atoms with Crippen molar-refractivity contribution in [2.75, 3.05) is 13.1 Å². The Balaban J connectivity index is 1.76. The van der Waals surface area contributed by atoms with E-state index in [0.29, 0.717) is 5.41 Å². The highest BCUT2D eigenvalue weighted by Crippen LogP contribution is 2.57. The van der Waals surface area contributed by atoms with E-state index in [0.717, 1.165) is 24.8 Å². The highest BCUT2D eigenvalue weighted by Gasteiger charge is 2.50. The van der Waals surface area contributed by atoms with Crippen LogP contribution >= 0.6 is 0 Å². The maximum atomic E-state index is 3.66. The molecule has 2 saturated carbocycles. The van der Waals surface area contributed by atoms with Gasteiger partial charge in [-0.1, -0.05) is 44.5 Å². The van der Waals surface area contributed by atoms with Crippen LogP contribution in [0.15, 0.2) is 24.3 Å². The van der Waals surface area contributed by atoms with Gasteiger partial charge in [0.2, 0.25) is 0 Å². The second-order valence-corrected chi connectivity index (χ2v) is 7.07. The molecule has 0 spiro atoms. The molecule has 2 fully saturated rings. The highest BCUT2D eigenvalue weighted by molar-refractivity contribution is 5.24. The second-order valence-electron chi connectivity index (χ2n) is 7.07. The van der Waals surface area contributed by atoms with Crippen molar-refractivity contribution < 1.29 is 0 Å². The zero-order chi connectivity index (χ0) is 14.0. The van der Waals surface area contributed by atoms with Crippen molar-refractivity contribution >= 4 is 0 Å². The number of aryl methyl sites for hydroxylation is 1. The van der Waals surface area contributed by atoms with Crippen LogP contribution < -0.4 is 5.32 Å². The van der Waals surface area contributed by atoms with E-state index in [4.69, 9.17) is 0 Å². The molecule has 1 aromatic carbocycles. The Labute approximate surface area is 124 Å². The van der Waals surface area contributed by atoms with Crippen LogP contribution in [-0.4, -0.2) is 13.1 Å². The maximum absolute atomic E-state index is 3.66. The Hall–Kier alpha value is -0.820. The van der Waals surface area contributed by atoms with E-state index in [1.807, 2.05) is 0 Å². The minimum atomic E-state index is 0.548. The molecule has 1 aromatic rings. The standard InChI is InChI=1S/C19H29N/c1-3-15-5-7-16(8-6-15)12-19(14-20-4-2)13-17-9-10-18(19)11-17/h5-8,17-18,20H,3-4,9-14H2,1-2H3. The van der Waals surface area contributed by atoms with Gasteiger partial charge in [0.05, 0.1) is 0 Å². The molecular weight excluding hydrogens is 242 g/mol. The highest BCUT2D eigenvalue weighted by atomic mass is 14.9. The summed E-state index contributed by atoms with van der Waals surface area (Å²) in [5, 5.41) is 3.66. The lowest BCUT2D eigenvalue weighted by molar-refractivity contribution is 0.157. The maximum Gasteiger partial charge on any atom is 0.00136 e. The first-order valence-corrected chi connectivity index (χ1v) is 8.54. The summed E-state index contributed by atoms with van der Waals surface area (Å²) in [6.45, 7) is 6.79. The predicted molar refractivity (Wildman–Crippen MR) is 85.9 cm³/mol. The van der Waals surface area contributed by atoms with Gasteiger partial charge in [0.1, 0.15) is 0 Å². The Bertz CT molecular complexity index is 436. The number of fused-ring (bicyclic) bond motifs is 2. The summed E-state index contributed by atoms with van der Waals surface area (Å²) in [5.41, 5.74) is 3.56. The van der Waals surface area contributed by atoms with E-state index in [2.05, 4.69) is 43.4 Å². The molecule has 0 radical (unpaired) electrons. The molecule has 0 saturated heterocycles. The third-order valence-corrected chi connectivity index (χ3v) is 5.82. The van der Waals surface area contributed by atoms with Crippen molar-refractivity contribution in [3.05, 3.63) is 35.4 Å². The van der Waals surface area contributed by atoms with E-state index < -0.39 is 0 Å². The van der Waals surface area contributed by atoms with E-state index >= 15 is 0 Å². The topological polar surface area (TPSA) is 12.0 Å². The number of hydrogen-bond donors (Lipinski definition) is 1. The molecule has 110 valence electrons. The van der Waals surface area contributed by atoms with Gasteiger partial charge >= 0.3 is 0 Å². The van der Waals surface area contributed by atoms with Crippen molar-refractivity contribution in [1.29, 1.82) is 0 Å². The summed E-state index contributed by atoms with van der Waals surface area (Å²) in [4.78, 5) is 0. The molecular formula is C19H29N. The fourth-order valence-electron chi connectivity index (χ4n) is 4.73. The van der Waals surface area contributed by atoms with E-state index in [-0.39, 0.29) is 0 Å². The number of rotatable bonds is 6. The molecule has 3 atom stereocenters. The van der Waals surface area contributed by atoms with Crippen LogP contribution in [0.1, 0.15) is 50.7 Å². The smallest absolute Gasteiger partial charge is 0.00136 e. The van der Waals surface area contributed by atoms with Crippen LogP contribution in [-0.2, 0) is 12.8 Å². The summed E-state index contributed by atoms with van der Waals surface area (Å²) in [6, 6.07) is 9.39. The van der Waals surface area contributed by atoms with Crippen LogP contribution in [0.3, 0.4) is 0 Å². The van der Waals surface area contributed by atoms with Gasteiger partial charge in [0, 0.05) is 6.54 Å². The van der Waals surface area contributed by atoms with Crippen molar-refractivity contribution in [2.45, 2.75) is 52.4 Å². The molecule has 20 heavy (non-hydrogen) atoms. The number of nitrogens with one attached hydrogen (secondary N) is 1. The van der Waals surface area contributed by atoms with Crippen molar-refractivity contribution in [3.63, 3.8) is 0 Å². The van der Waals surface area contributed by atoms with Crippen LogP contribution in [0.4, 0.5) is 0 Å². The Morgan fingerprint density at radius 1 is 1.10 bits per heavy atom. The molecule has 1 N–H and O–H groups in total. The minimum Gasteiger partial charge on any atom is -0.316 e. The van der Waals surface area contributed by atoms with E-state index in [9.17, 15) is 0 Å². The van der Waals surface area contributed by atoms with Crippen molar-refractivity contribution in [3.8, 4) is 0 Å². The van der Waals surface area contributed by atoms with Crippen LogP contribution in [0.25, 0.3) is 0 Å². The lowest BCUT2D eigenvalue weighted by atomic mass is 9.69. The van der Waals surface area contributed by atoms with E-state index in [1.165, 1.54) is 44.2 Å². The summed E-state index contributed by atoms with van der Waals surface area (Å²) < 4.78 is 0. The van der Waals surface area contributed by atoms with Crippen molar-refractivity contribution in [2.24, 2.45) is 17.3 Å². The molecule has 2 aliphatic carbocycles. The first kappa shape index (κ1) is 14.1. The lowest BCUT2D eigenvalue weighted by Gasteiger charge is -2.38. The Morgan fingerprint density at radius 3 is 2.40 bits per heavy atom. The second kappa shape index (κ2) is 5.89. The fourth-order valence-corrected chi connectivity index (χ4v) is 4.73.